The summed E-state index contributed by atoms with van der Waals surface area (Å²) in [6.07, 6.45) is 2.10. The molecule has 3 rings (SSSR count). The molecule has 2 fully saturated rings. The van der Waals surface area contributed by atoms with Crippen molar-refractivity contribution < 1.29 is 9.53 Å². The van der Waals surface area contributed by atoms with E-state index in [-0.39, 0.29) is 12.0 Å². The third-order valence-electron chi connectivity index (χ3n) is 3.70. The summed E-state index contributed by atoms with van der Waals surface area (Å²) in [5.74, 6) is 0.524. The summed E-state index contributed by atoms with van der Waals surface area (Å²) >= 11 is 0. The molecule has 0 amide bonds. The fourth-order valence-corrected chi connectivity index (χ4v) is 2.73. The predicted octanol–water partition coefficient (Wildman–Crippen LogP) is 1.33. The molecule has 2 bridgehead atoms. The first-order chi connectivity index (χ1) is 8.81. The number of fused-ring (bicyclic) bond motifs is 2. The molecule has 1 aromatic rings. The van der Waals surface area contributed by atoms with Crippen molar-refractivity contribution in [3.05, 3.63) is 35.9 Å². The second-order valence-corrected chi connectivity index (χ2v) is 5.11. The Morgan fingerprint density at radius 2 is 2.22 bits per heavy atom. The van der Waals surface area contributed by atoms with Crippen LogP contribution in [0.15, 0.2) is 30.3 Å². The van der Waals surface area contributed by atoms with Crippen LogP contribution in [0.3, 0.4) is 0 Å². The molecule has 3 atom stereocenters. The monoisotopic (exact) mass is 246 g/mol. The molecule has 2 aliphatic heterocycles. The molecular formula is C14H18N2O2. The SMILES string of the molecule is O=C(OCc1ccccc1)C1CC2CCN(C2)N1. The van der Waals surface area contributed by atoms with Crippen LogP contribution in [0.25, 0.3) is 0 Å². The minimum Gasteiger partial charge on any atom is -0.460 e. The highest BCUT2D eigenvalue weighted by atomic mass is 16.5. The summed E-state index contributed by atoms with van der Waals surface area (Å²) in [6, 6.07) is 9.64. The largest absolute Gasteiger partial charge is 0.460 e. The van der Waals surface area contributed by atoms with Crippen molar-refractivity contribution in [2.45, 2.75) is 25.5 Å². The molecule has 0 spiro atoms. The fraction of sp³-hybridized carbons (Fsp3) is 0.500. The molecule has 0 saturated carbocycles. The lowest BCUT2D eigenvalue weighted by Crippen LogP contribution is -2.51. The zero-order chi connectivity index (χ0) is 12.4. The molecule has 3 unspecified atom stereocenters. The van der Waals surface area contributed by atoms with Gasteiger partial charge in [-0.3, -0.25) is 4.79 Å². The lowest BCUT2D eigenvalue weighted by molar-refractivity contribution is -0.150. The molecular weight excluding hydrogens is 228 g/mol. The Bertz CT molecular complexity index is 409. The van der Waals surface area contributed by atoms with Crippen LogP contribution in [0.1, 0.15) is 18.4 Å². The fourth-order valence-electron chi connectivity index (χ4n) is 2.73. The van der Waals surface area contributed by atoms with Crippen molar-refractivity contribution in [2.75, 3.05) is 13.1 Å². The number of hydrogen-bond acceptors (Lipinski definition) is 4. The Kier molecular flexibility index (Phi) is 3.30. The number of ether oxygens (including phenoxy) is 1. The molecule has 96 valence electrons. The highest BCUT2D eigenvalue weighted by Crippen LogP contribution is 2.25. The molecule has 1 aromatic carbocycles. The van der Waals surface area contributed by atoms with Gasteiger partial charge >= 0.3 is 5.97 Å². The minimum atomic E-state index is -0.157. The van der Waals surface area contributed by atoms with Gasteiger partial charge in [0, 0.05) is 13.1 Å². The predicted molar refractivity (Wildman–Crippen MR) is 67.5 cm³/mol. The van der Waals surface area contributed by atoms with Crippen LogP contribution >= 0.6 is 0 Å². The zero-order valence-electron chi connectivity index (χ0n) is 10.3. The lowest BCUT2D eigenvalue weighted by atomic mass is 9.99. The van der Waals surface area contributed by atoms with Crippen LogP contribution in [0, 0.1) is 5.92 Å². The maximum Gasteiger partial charge on any atom is 0.324 e. The highest BCUT2D eigenvalue weighted by Gasteiger charge is 2.36. The molecule has 1 N–H and O–H groups in total. The summed E-state index contributed by atoms with van der Waals surface area (Å²) in [5.41, 5.74) is 4.27. The van der Waals surface area contributed by atoms with Crippen LogP contribution in [0.2, 0.25) is 0 Å². The number of rotatable bonds is 3. The number of nitrogens with one attached hydrogen (secondary N) is 1. The normalized spacial score (nSPS) is 30.1. The van der Waals surface area contributed by atoms with Gasteiger partial charge in [0.15, 0.2) is 0 Å². The van der Waals surface area contributed by atoms with Crippen LogP contribution < -0.4 is 5.43 Å². The molecule has 18 heavy (non-hydrogen) atoms. The van der Waals surface area contributed by atoms with E-state index in [4.69, 9.17) is 4.74 Å². The van der Waals surface area contributed by atoms with Crippen molar-refractivity contribution in [3.8, 4) is 0 Å². The van der Waals surface area contributed by atoms with Crippen LogP contribution in [-0.4, -0.2) is 30.1 Å². The van der Waals surface area contributed by atoms with E-state index < -0.39 is 0 Å². The van der Waals surface area contributed by atoms with E-state index in [2.05, 4.69) is 10.4 Å². The van der Waals surface area contributed by atoms with E-state index in [0.29, 0.717) is 12.5 Å². The maximum absolute atomic E-state index is 12.0. The van der Waals surface area contributed by atoms with Crippen molar-refractivity contribution in [2.24, 2.45) is 5.92 Å². The second-order valence-electron chi connectivity index (χ2n) is 5.11. The number of nitrogens with zero attached hydrogens (tertiary/aromatic N) is 1. The molecule has 4 nitrogen and oxygen atoms in total. The summed E-state index contributed by atoms with van der Waals surface area (Å²) in [7, 11) is 0. The van der Waals surface area contributed by atoms with Crippen LogP contribution in [0.4, 0.5) is 0 Å². The molecule has 2 aliphatic rings. The number of esters is 1. The Balaban J connectivity index is 1.53. The summed E-state index contributed by atoms with van der Waals surface area (Å²) in [6.45, 7) is 2.48. The maximum atomic E-state index is 12.0. The van der Waals surface area contributed by atoms with E-state index >= 15 is 0 Å². The molecule has 0 aromatic heterocycles. The average molecular weight is 246 g/mol. The quantitative estimate of drug-likeness (QED) is 0.817. The molecule has 0 aliphatic carbocycles. The first kappa shape index (κ1) is 11.7. The van der Waals surface area contributed by atoms with Crippen molar-refractivity contribution in [1.82, 2.24) is 10.4 Å². The van der Waals surface area contributed by atoms with Crippen molar-refractivity contribution in [1.29, 1.82) is 0 Å². The Morgan fingerprint density at radius 3 is 3.00 bits per heavy atom. The molecule has 0 radical (unpaired) electrons. The summed E-state index contributed by atoms with van der Waals surface area (Å²) in [4.78, 5) is 12.0. The zero-order valence-corrected chi connectivity index (χ0v) is 10.3. The average Bonchev–Trinajstić information content (AvgIpc) is 2.76. The van der Waals surface area contributed by atoms with Gasteiger partial charge in [-0.25, -0.2) is 10.4 Å². The molecule has 4 heteroatoms. The number of hydrazine groups is 1. The van der Waals surface area contributed by atoms with Gasteiger partial charge in [0.1, 0.15) is 12.6 Å². The van der Waals surface area contributed by atoms with E-state index in [0.717, 1.165) is 25.1 Å². The third-order valence-corrected chi connectivity index (χ3v) is 3.70. The van der Waals surface area contributed by atoms with E-state index in [1.807, 2.05) is 30.3 Å². The minimum absolute atomic E-state index is 0.129. The van der Waals surface area contributed by atoms with Gasteiger partial charge < -0.3 is 4.74 Å². The molecule has 2 saturated heterocycles. The summed E-state index contributed by atoms with van der Waals surface area (Å²) < 4.78 is 5.36. The standard InChI is InChI=1S/C14H18N2O2/c17-14(18-10-11-4-2-1-3-5-11)13-8-12-6-7-16(9-12)15-13/h1-5,12-13,15H,6-10H2. The first-order valence-electron chi connectivity index (χ1n) is 6.53. The molecule has 2 heterocycles. The Labute approximate surface area is 107 Å². The van der Waals surface area contributed by atoms with Gasteiger partial charge in [-0.15, -0.1) is 0 Å². The second kappa shape index (κ2) is 5.08. The van der Waals surface area contributed by atoms with E-state index in [1.54, 1.807) is 0 Å². The van der Waals surface area contributed by atoms with Gasteiger partial charge in [-0.05, 0) is 24.3 Å². The van der Waals surface area contributed by atoms with Gasteiger partial charge in [0.25, 0.3) is 0 Å². The van der Waals surface area contributed by atoms with Crippen molar-refractivity contribution >= 4 is 5.97 Å². The van der Waals surface area contributed by atoms with Gasteiger partial charge in [-0.2, -0.15) is 0 Å². The number of hydrogen-bond donors (Lipinski definition) is 1. The van der Waals surface area contributed by atoms with Gasteiger partial charge in [0.05, 0.1) is 0 Å². The lowest BCUT2D eigenvalue weighted by Gasteiger charge is -2.29. The van der Waals surface area contributed by atoms with Crippen molar-refractivity contribution in [3.63, 3.8) is 0 Å². The smallest absolute Gasteiger partial charge is 0.324 e. The first-order valence-corrected chi connectivity index (χ1v) is 6.53. The van der Waals surface area contributed by atoms with E-state index in [1.165, 1.54) is 6.42 Å². The Hall–Kier alpha value is -1.39. The van der Waals surface area contributed by atoms with Crippen LogP contribution in [-0.2, 0) is 16.1 Å². The highest BCUT2D eigenvalue weighted by molar-refractivity contribution is 5.75. The Morgan fingerprint density at radius 1 is 1.39 bits per heavy atom. The number of carbonyl (C=O) groups excluding carboxylic acids is 1. The third kappa shape index (κ3) is 2.54. The topological polar surface area (TPSA) is 41.6 Å². The van der Waals surface area contributed by atoms with E-state index in [9.17, 15) is 4.79 Å². The van der Waals surface area contributed by atoms with Crippen LogP contribution in [0.5, 0.6) is 0 Å². The summed E-state index contributed by atoms with van der Waals surface area (Å²) in [5, 5.41) is 2.14. The number of carbonyl (C=O) groups is 1. The van der Waals surface area contributed by atoms with Gasteiger partial charge in [0.2, 0.25) is 0 Å². The van der Waals surface area contributed by atoms with Gasteiger partial charge in [-0.1, -0.05) is 30.3 Å². The number of benzene rings is 1.